The summed E-state index contributed by atoms with van der Waals surface area (Å²) in [5, 5.41) is 9.95. The van der Waals surface area contributed by atoms with E-state index in [0.717, 1.165) is 6.07 Å². The van der Waals surface area contributed by atoms with Gasteiger partial charge >= 0.3 is 0 Å². The van der Waals surface area contributed by atoms with Crippen LogP contribution in [0.5, 0.6) is 0 Å². The third kappa shape index (κ3) is 1.49. The Hall–Kier alpha value is -1.52. The number of nitro groups is 1. The third-order valence-electron chi connectivity index (χ3n) is 1.03. The van der Waals surface area contributed by atoms with Crippen molar-refractivity contribution in [1.29, 1.82) is 0 Å². The van der Waals surface area contributed by atoms with Crippen molar-refractivity contribution in [3.05, 3.63) is 39.9 Å². The van der Waals surface area contributed by atoms with Crippen LogP contribution in [0.4, 0.5) is 14.5 Å². The fourth-order valence-corrected chi connectivity index (χ4v) is 0.546. The minimum absolute atomic E-state index is 0.580. The molecule has 0 unspecified atom stereocenters. The minimum Gasteiger partial charge on any atom is -0.258 e. The van der Waals surface area contributed by atoms with E-state index in [4.69, 9.17) is 0 Å². The van der Waals surface area contributed by atoms with Crippen molar-refractivity contribution in [3.8, 4) is 0 Å². The van der Waals surface area contributed by atoms with E-state index < -0.39 is 22.2 Å². The van der Waals surface area contributed by atoms with Crippen LogP contribution >= 0.6 is 0 Å². The molecule has 57 valence electrons. The van der Waals surface area contributed by atoms with E-state index in [9.17, 15) is 18.9 Å². The third-order valence-corrected chi connectivity index (χ3v) is 1.03. The second-order valence-corrected chi connectivity index (χ2v) is 1.76. The quantitative estimate of drug-likeness (QED) is 0.460. The first-order chi connectivity index (χ1) is 5.11. The highest BCUT2D eigenvalue weighted by Gasteiger charge is 2.10. The maximum absolute atomic E-state index is 12.2. The predicted molar refractivity (Wildman–Crippen MR) is 31.8 cm³/mol. The predicted octanol–water partition coefficient (Wildman–Crippen LogP) is 1.67. The number of benzene rings is 1. The van der Waals surface area contributed by atoms with E-state index in [0.29, 0.717) is 6.07 Å². The number of hydrogen-bond donors (Lipinski definition) is 0. The van der Waals surface area contributed by atoms with Crippen LogP contribution < -0.4 is 0 Å². The molecule has 1 aromatic carbocycles. The molecule has 5 heteroatoms. The molecule has 0 aromatic heterocycles. The van der Waals surface area contributed by atoms with E-state index in [-0.39, 0.29) is 0 Å². The molecule has 0 N–H and O–H groups in total. The highest BCUT2D eigenvalue weighted by Crippen LogP contribution is 2.13. The topological polar surface area (TPSA) is 43.1 Å². The Balaban J connectivity index is 3.15. The summed E-state index contributed by atoms with van der Waals surface area (Å²) in [6.07, 6.45) is 0. The summed E-state index contributed by atoms with van der Waals surface area (Å²) in [6, 6.07) is 3.16. The Morgan fingerprint density at radius 2 is 2.09 bits per heavy atom. The van der Waals surface area contributed by atoms with Gasteiger partial charge in [-0.3, -0.25) is 10.1 Å². The summed E-state index contributed by atoms with van der Waals surface area (Å²) in [5.74, 6) is -2.48. The lowest BCUT2D eigenvalue weighted by atomic mass is 10.3. The van der Waals surface area contributed by atoms with Crippen molar-refractivity contribution in [2.45, 2.75) is 0 Å². The zero-order chi connectivity index (χ0) is 8.43. The molecule has 0 atom stereocenters. The zero-order valence-corrected chi connectivity index (χ0v) is 5.17. The average molecular weight is 158 g/mol. The van der Waals surface area contributed by atoms with Crippen LogP contribution in [0.1, 0.15) is 0 Å². The van der Waals surface area contributed by atoms with Gasteiger partial charge in [0.15, 0.2) is 11.6 Å². The van der Waals surface area contributed by atoms with Gasteiger partial charge in [0, 0.05) is 6.07 Å². The molecular weight excluding hydrogens is 156 g/mol. The van der Waals surface area contributed by atoms with Gasteiger partial charge < -0.3 is 0 Å². The molecule has 3 nitrogen and oxygen atoms in total. The number of hydrogen-bond acceptors (Lipinski definition) is 2. The summed E-state index contributed by atoms with van der Waals surface area (Å²) in [6.45, 7) is 0. The highest BCUT2D eigenvalue weighted by atomic mass is 19.2. The van der Waals surface area contributed by atoms with E-state index in [1.54, 1.807) is 6.07 Å². The summed E-state index contributed by atoms with van der Waals surface area (Å²) >= 11 is 0. The normalized spacial score (nSPS) is 9.64. The molecule has 0 heterocycles. The second kappa shape index (κ2) is 2.61. The van der Waals surface area contributed by atoms with Crippen molar-refractivity contribution in [2.24, 2.45) is 0 Å². The number of rotatable bonds is 1. The number of nitrogens with zero attached hydrogens (tertiary/aromatic N) is 1. The molecule has 0 saturated heterocycles. The number of non-ortho nitro benzene ring substituents is 1. The molecule has 1 rings (SSSR count). The number of halogens is 2. The van der Waals surface area contributed by atoms with Crippen molar-refractivity contribution >= 4 is 5.69 Å². The monoisotopic (exact) mass is 158 g/mol. The molecule has 0 saturated carbocycles. The molecule has 0 amide bonds. The molecular formula is C6H2F2NO2. The summed E-state index contributed by atoms with van der Waals surface area (Å²) in [7, 11) is 0. The SMILES string of the molecule is O=[N+]([O-])c1[c]c(F)c(F)cc1. The van der Waals surface area contributed by atoms with Crippen LogP contribution in [0.2, 0.25) is 0 Å². The van der Waals surface area contributed by atoms with E-state index in [1.165, 1.54) is 0 Å². The molecule has 1 radical (unpaired) electrons. The van der Waals surface area contributed by atoms with E-state index in [1.807, 2.05) is 0 Å². The maximum Gasteiger partial charge on any atom is 0.280 e. The van der Waals surface area contributed by atoms with Gasteiger partial charge in [0.2, 0.25) is 0 Å². The summed E-state index contributed by atoms with van der Waals surface area (Å²) in [4.78, 5) is 9.10. The Morgan fingerprint density at radius 3 is 2.55 bits per heavy atom. The Morgan fingerprint density at radius 1 is 1.45 bits per heavy atom. The number of nitro benzene ring substituents is 1. The van der Waals surface area contributed by atoms with Crippen molar-refractivity contribution in [3.63, 3.8) is 0 Å². The first kappa shape index (κ1) is 7.59. The van der Waals surface area contributed by atoms with Gasteiger partial charge in [-0.25, -0.2) is 8.78 Å². The Kier molecular flexibility index (Phi) is 1.80. The van der Waals surface area contributed by atoms with Gasteiger partial charge in [0.25, 0.3) is 5.69 Å². The van der Waals surface area contributed by atoms with Crippen LogP contribution in [-0.2, 0) is 0 Å². The molecule has 0 bridgehead atoms. The lowest BCUT2D eigenvalue weighted by molar-refractivity contribution is -0.385. The van der Waals surface area contributed by atoms with Crippen LogP contribution in [0.25, 0.3) is 0 Å². The molecule has 11 heavy (non-hydrogen) atoms. The lowest BCUT2D eigenvalue weighted by Gasteiger charge is -1.90. The van der Waals surface area contributed by atoms with Crippen LogP contribution in [0, 0.1) is 27.8 Å². The fourth-order valence-electron chi connectivity index (χ4n) is 0.546. The van der Waals surface area contributed by atoms with Gasteiger partial charge in [0.05, 0.1) is 4.92 Å². The largest absolute Gasteiger partial charge is 0.280 e. The Labute approximate surface area is 60.4 Å². The minimum atomic E-state index is -1.33. The zero-order valence-electron chi connectivity index (χ0n) is 5.17. The first-order valence-electron chi connectivity index (χ1n) is 2.63. The fraction of sp³-hybridized carbons (Fsp3) is 0. The van der Waals surface area contributed by atoms with Crippen molar-refractivity contribution in [1.82, 2.24) is 0 Å². The molecule has 1 aromatic rings. The van der Waals surface area contributed by atoms with Gasteiger partial charge in [0.1, 0.15) is 6.07 Å². The lowest BCUT2D eigenvalue weighted by Crippen LogP contribution is -1.91. The average Bonchev–Trinajstić information content (AvgIpc) is 1.94. The summed E-state index contributed by atoms with van der Waals surface area (Å²) < 4.78 is 24.3. The van der Waals surface area contributed by atoms with Gasteiger partial charge in [-0.1, -0.05) is 0 Å². The van der Waals surface area contributed by atoms with Crippen LogP contribution in [-0.4, -0.2) is 4.92 Å². The molecule has 0 aliphatic rings. The van der Waals surface area contributed by atoms with E-state index >= 15 is 0 Å². The second-order valence-electron chi connectivity index (χ2n) is 1.76. The van der Waals surface area contributed by atoms with Crippen LogP contribution in [0.3, 0.4) is 0 Å². The van der Waals surface area contributed by atoms with Gasteiger partial charge in [-0.15, -0.1) is 0 Å². The summed E-state index contributed by atoms with van der Waals surface area (Å²) in [5.41, 5.74) is -0.580. The highest BCUT2D eigenvalue weighted by molar-refractivity contribution is 5.28. The van der Waals surface area contributed by atoms with E-state index in [2.05, 4.69) is 0 Å². The molecule has 0 aliphatic carbocycles. The first-order valence-corrected chi connectivity index (χ1v) is 2.63. The van der Waals surface area contributed by atoms with Crippen molar-refractivity contribution < 1.29 is 13.7 Å². The van der Waals surface area contributed by atoms with Gasteiger partial charge in [-0.2, -0.15) is 0 Å². The van der Waals surface area contributed by atoms with Crippen LogP contribution in [0.15, 0.2) is 12.1 Å². The smallest absolute Gasteiger partial charge is 0.258 e. The standard InChI is InChI=1S/C6H2F2NO2/c7-5-2-1-4(9(10)11)3-6(5)8/h1-2H. The van der Waals surface area contributed by atoms with Gasteiger partial charge in [-0.05, 0) is 6.07 Å². The van der Waals surface area contributed by atoms with Crippen molar-refractivity contribution in [2.75, 3.05) is 0 Å². The Bertz CT molecular complexity index is 301. The molecule has 0 spiro atoms. The maximum atomic E-state index is 12.2. The molecule has 0 aliphatic heterocycles. The molecule has 0 fully saturated rings.